The van der Waals surface area contributed by atoms with E-state index in [4.69, 9.17) is 25.7 Å². The van der Waals surface area contributed by atoms with Gasteiger partial charge in [0.2, 0.25) is 5.95 Å². The van der Waals surface area contributed by atoms with Gasteiger partial charge in [-0.05, 0) is 76.1 Å². The standard InChI is InChI=1S/C39H45N11O10/c1-39(2,3)60-38(57)49(5)17-16-48(4)37(56)59-24-13-14-25-26(18-24)34(54)50(33(25)53)15-7-8-27(35(55)58-6)45-32(52)22-11-9-21(10-12-22)31(51)43-20-23-19-42-30-28(44-23)29(40)46-36(41)47-30/h9-14,18-19,27H,7-8,15-17,20H2,1-6H3,(H,43,51)(H,45,52)(H4,40,41,42,46,47)/t27-/m0/s1. The van der Waals surface area contributed by atoms with Crippen LogP contribution in [0, 0.1) is 0 Å². The number of benzene rings is 2. The highest BCUT2D eigenvalue weighted by molar-refractivity contribution is 6.21. The Bertz CT molecular complexity index is 2330. The minimum atomic E-state index is -1.13. The second kappa shape index (κ2) is 18.4. The number of nitrogens with zero attached hydrogens (tertiary/aromatic N) is 7. The van der Waals surface area contributed by atoms with E-state index in [2.05, 4.69) is 30.6 Å². The molecule has 2 aromatic heterocycles. The van der Waals surface area contributed by atoms with Crippen molar-refractivity contribution >= 4 is 64.7 Å². The number of anilines is 2. The number of imide groups is 1. The van der Waals surface area contributed by atoms with Crippen molar-refractivity contribution in [1.29, 1.82) is 0 Å². The predicted octanol–water partition coefficient (Wildman–Crippen LogP) is 2.16. The molecule has 4 aromatic rings. The number of hydrogen-bond donors (Lipinski definition) is 4. The van der Waals surface area contributed by atoms with Gasteiger partial charge in [-0.1, -0.05) is 0 Å². The molecule has 316 valence electrons. The fraction of sp³-hybridized carbons (Fsp3) is 0.359. The summed E-state index contributed by atoms with van der Waals surface area (Å²) in [4.78, 5) is 110. The minimum absolute atomic E-state index is 0.00289. The van der Waals surface area contributed by atoms with Crippen molar-refractivity contribution in [2.75, 3.05) is 52.3 Å². The highest BCUT2D eigenvalue weighted by Crippen LogP contribution is 2.28. The summed E-state index contributed by atoms with van der Waals surface area (Å²) in [5, 5.41) is 5.31. The van der Waals surface area contributed by atoms with E-state index in [9.17, 15) is 33.6 Å². The SMILES string of the molecule is COC(=O)[C@H](CCCN1C(=O)c2ccc(OC(=O)N(C)CCN(C)C(=O)OC(C)(C)C)cc2C1=O)NC(=O)c1ccc(C(=O)NCc2cnc3nc(N)nc(N)c3n2)cc1. The number of carbonyl (C=O) groups excluding carboxylic acids is 7. The maximum absolute atomic E-state index is 13.3. The predicted molar refractivity (Wildman–Crippen MR) is 213 cm³/mol. The first-order valence-electron chi connectivity index (χ1n) is 18.5. The quantitative estimate of drug-likeness (QED) is 0.105. The molecule has 0 unspecified atom stereocenters. The van der Waals surface area contributed by atoms with E-state index in [0.717, 1.165) is 12.0 Å². The molecule has 0 saturated carbocycles. The molecule has 21 heteroatoms. The Labute approximate surface area is 343 Å². The number of amides is 6. The van der Waals surface area contributed by atoms with E-state index in [1.54, 1.807) is 20.8 Å². The zero-order chi connectivity index (χ0) is 43.9. The van der Waals surface area contributed by atoms with Gasteiger partial charge in [0.05, 0.1) is 36.7 Å². The van der Waals surface area contributed by atoms with Crippen LogP contribution in [0.15, 0.2) is 48.7 Å². The van der Waals surface area contributed by atoms with Gasteiger partial charge in [0.15, 0.2) is 17.0 Å². The summed E-state index contributed by atoms with van der Waals surface area (Å²) in [6.07, 6.45) is 0.237. The van der Waals surface area contributed by atoms with Crippen LogP contribution in [0.5, 0.6) is 5.75 Å². The van der Waals surface area contributed by atoms with Crippen molar-refractivity contribution in [2.45, 2.75) is 51.8 Å². The highest BCUT2D eigenvalue weighted by Gasteiger charge is 2.36. The monoisotopic (exact) mass is 827 g/mol. The van der Waals surface area contributed by atoms with Crippen LogP contribution in [0.25, 0.3) is 11.2 Å². The van der Waals surface area contributed by atoms with Crippen molar-refractivity contribution in [2.24, 2.45) is 0 Å². The molecule has 21 nitrogen and oxygen atoms in total. The van der Waals surface area contributed by atoms with Crippen LogP contribution in [-0.4, -0.2) is 129 Å². The number of nitrogens with one attached hydrogen (secondary N) is 2. The number of nitrogens with two attached hydrogens (primary N) is 2. The summed E-state index contributed by atoms with van der Waals surface area (Å²) in [6.45, 7) is 5.43. The maximum Gasteiger partial charge on any atom is 0.415 e. The number of aromatic nitrogens is 4. The third-order valence-corrected chi connectivity index (χ3v) is 8.94. The molecular weight excluding hydrogens is 782 g/mol. The van der Waals surface area contributed by atoms with Crippen LogP contribution in [0.4, 0.5) is 21.4 Å². The first-order valence-corrected chi connectivity index (χ1v) is 18.5. The Morgan fingerprint density at radius 1 is 0.850 bits per heavy atom. The normalized spacial score (nSPS) is 12.7. The molecular formula is C39H45N11O10. The number of esters is 1. The van der Waals surface area contributed by atoms with Gasteiger partial charge in [0, 0.05) is 44.9 Å². The Morgan fingerprint density at radius 2 is 1.48 bits per heavy atom. The van der Waals surface area contributed by atoms with Crippen LogP contribution >= 0.6 is 0 Å². The number of likely N-dealkylation sites (N-methyl/N-ethyl adjacent to an activating group) is 2. The molecule has 6 amide bonds. The molecule has 0 spiro atoms. The van der Waals surface area contributed by atoms with Crippen molar-refractivity contribution < 1.29 is 47.8 Å². The fourth-order valence-electron chi connectivity index (χ4n) is 5.74. The molecule has 0 aliphatic carbocycles. The number of ether oxygens (including phenoxy) is 3. The third-order valence-electron chi connectivity index (χ3n) is 8.94. The molecule has 5 rings (SSSR count). The second-order valence-electron chi connectivity index (χ2n) is 14.6. The highest BCUT2D eigenvalue weighted by atomic mass is 16.6. The Morgan fingerprint density at radius 3 is 2.13 bits per heavy atom. The number of nitrogen functional groups attached to an aromatic ring is 2. The Kier molecular flexibility index (Phi) is 13.4. The van der Waals surface area contributed by atoms with Crippen molar-refractivity contribution in [1.82, 2.24) is 45.3 Å². The van der Waals surface area contributed by atoms with E-state index in [-0.39, 0.29) is 90.0 Å². The molecule has 1 aliphatic rings. The molecule has 1 aliphatic heterocycles. The van der Waals surface area contributed by atoms with Gasteiger partial charge < -0.3 is 46.1 Å². The molecule has 0 fully saturated rings. The van der Waals surface area contributed by atoms with Crippen molar-refractivity contribution in [3.05, 3.63) is 76.6 Å². The lowest BCUT2D eigenvalue weighted by atomic mass is 10.1. The third kappa shape index (κ3) is 10.7. The van der Waals surface area contributed by atoms with Gasteiger partial charge in [-0.25, -0.2) is 24.4 Å². The minimum Gasteiger partial charge on any atom is -0.467 e. The van der Waals surface area contributed by atoms with Crippen LogP contribution in [0.2, 0.25) is 0 Å². The van der Waals surface area contributed by atoms with E-state index >= 15 is 0 Å². The molecule has 60 heavy (non-hydrogen) atoms. The van der Waals surface area contributed by atoms with Crippen molar-refractivity contribution in [3.8, 4) is 5.75 Å². The van der Waals surface area contributed by atoms with E-state index < -0.39 is 53.4 Å². The average Bonchev–Trinajstić information content (AvgIpc) is 3.44. The molecule has 2 aromatic carbocycles. The lowest BCUT2D eigenvalue weighted by Gasteiger charge is -2.26. The summed E-state index contributed by atoms with van der Waals surface area (Å²) in [5.41, 5.74) is 12.1. The summed E-state index contributed by atoms with van der Waals surface area (Å²) in [7, 11) is 4.18. The Hall–Kier alpha value is -7.45. The summed E-state index contributed by atoms with van der Waals surface area (Å²) >= 11 is 0. The largest absolute Gasteiger partial charge is 0.467 e. The molecule has 1 atom stereocenters. The first kappa shape index (κ1) is 43.7. The van der Waals surface area contributed by atoms with Crippen LogP contribution in [-0.2, 0) is 20.8 Å². The zero-order valence-electron chi connectivity index (χ0n) is 33.8. The zero-order valence-corrected chi connectivity index (χ0v) is 33.8. The number of hydrogen-bond acceptors (Lipinski definition) is 16. The van der Waals surface area contributed by atoms with Gasteiger partial charge in [0.25, 0.3) is 23.6 Å². The average molecular weight is 828 g/mol. The van der Waals surface area contributed by atoms with Crippen molar-refractivity contribution in [3.63, 3.8) is 0 Å². The van der Waals surface area contributed by atoms with Gasteiger partial charge in [-0.15, -0.1) is 0 Å². The first-order chi connectivity index (χ1) is 28.3. The number of rotatable bonds is 14. The van der Waals surface area contributed by atoms with Gasteiger partial charge in [-0.2, -0.15) is 9.97 Å². The molecule has 6 N–H and O–H groups in total. The molecule has 3 heterocycles. The van der Waals surface area contributed by atoms with Crippen LogP contribution in [0.3, 0.4) is 0 Å². The molecule has 0 radical (unpaired) electrons. The van der Waals surface area contributed by atoms with Gasteiger partial charge in [0.1, 0.15) is 17.4 Å². The van der Waals surface area contributed by atoms with Gasteiger partial charge >= 0.3 is 18.2 Å². The van der Waals surface area contributed by atoms with E-state index in [1.165, 1.54) is 72.6 Å². The number of carbonyl (C=O) groups is 7. The topological polar surface area (TPSA) is 285 Å². The smallest absolute Gasteiger partial charge is 0.415 e. The Balaban J connectivity index is 1.11. The van der Waals surface area contributed by atoms with E-state index in [0.29, 0.717) is 5.69 Å². The summed E-state index contributed by atoms with van der Waals surface area (Å²) < 4.78 is 15.6. The number of methoxy groups -OCH3 is 1. The lowest BCUT2D eigenvalue weighted by Crippen LogP contribution is -2.42. The fourth-order valence-corrected chi connectivity index (χ4v) is 5.74. The summed E-state index contributed by atoms with van der Waals surface area (Å²) in [5.74, 6) is -3.01. The maximum atomic E-state index is 13.3. The molecule has 0 bridgehead atoms. The van der Waals surface area contributed by atoms with Crippen LogP contribution in [0.1, 0.15) is 80.7 Å². The second-order valence-corrected chi connectivity index (χ2v) is 14.6. The van der Waals surface area contributed by atoms with E-state index in [1.807, 2.05) is 0 Å². The van der Waals surface area contributed by atoms with Gasteiger partial charge in [-0.3, -0.25) is 24.1 Å². The number of fused-ring (bicyclic) bond motifs is 2. The molecule has 0 saturated heterocycles. The lowest BCUT2D eigenvalue weighted by molar-refractivity contribution is -0.143. The van der Waals surface area contributed by atoms with Crippen LogP contribution < -0.4 is 26.8 Å². The summed E-state index contributed by atoms with van der Waals surface area (Å²) in [6, 6.07) is 8.60.